The SMILES string of the molecule is CC(C)(C)c1ccc2[cH-]c3ccc(C(C)(C)C)cc3c2c1.CC[C](=[Zr+2])CC.[C-]1=CC=CC1.[Cl-].[Cl-]. The van der Waals surface area contributed by atoms with Gasteiger partial charge in [0.05, 0.1) is 0 Å². The molecule has 1 aliphatic carbocycles. The molecule has 0 heterocycles. The Morgan fingerprint density at radius 3 is 1.50 bits per heavy atom. The van der Waals surface area contributed by atoms with E-state index in [0.717, 1.165) is 6.42 Å². The molecular weight excluding hydrogens is 534 g/mol. The van der Waals surface area contributed by atoms with E-state index in [-0.39, 0.29) is 35.6 Å². The molecule has 1 aliphatic rings. The van der Waals surface area contributed by atoms with Crippen molar-refractivity contribution in [2.24, 2.45) is 0 Å². The summed E-state index contributed by atoms with van der Waals surface area (Å²) in [7, 11) is 0. The number of hydrogen-bond donors (Lipinski definition) is 0. The van der Waals surface area contributed by atoms with Crippen LogP contribution in [0.15, 0.2) is 60.7 Å². The van der Waals surface area contributed by atoms with Gasteiger partial charge in [0, 0.05) is 0 Å². The smallest absolute Gasteiger partial charge is 0.109 e. The topological polar surface area (TPSA) is 0 Å². The van der Waals surface area contributed by atoms with Gasteiger partial charge in [-0.25, -0.2) is 12.2 Å². The van der Waals surface area contributed by atoms with Crippen LogP contribution < -0.4 is 24.8 Å². The van der Waals surface area contributed by atoms with Gasteiger partial charge >= 0.3 is 54.1 Å². The van der Waals surface area contributed by atoms with Crippen LogP contribution in [0.25, 0.3) is 21.5 Å². The first-order valence-corrected chi connectivity index (χ1v) is 13.1. The van der Waals surface area contributed by atoms with E-state index in [0.29, 0.717) is 0 Å². The molecule has 0 spiro atoms. The molecule has 3 aromatic rings. The molecule has 0 radical (unpaired) electrons. The van der Waals surface area contributed by atoms with Gasteiger partial charge < -0.3 is 24.8 Å². The van der Waals surface area contributed by atoms with Crippen molar-refractivity contribution in [3.63, 3.8) is 0 Å². The van der Waals surface area contributed by atoms with E-state index in [1.54, 1.807) is 27.4 Å². The summed E-state index contributed by atoms with van der Waals surface area (Å²) in [6.45, 7) is 18.1. The van der Waals surface area contributed by atoms with Gasteiger partial charge in [0.15, 0.2) is 0 Å². The molecule has 0 saturated carbocycles. The van der Waals surface area contributed by atoms with E-state index >= 15 is 0 Å². The zero-order valence-corrected chi connectivity index (χ0v) is 26.1. The summed E-state index contributed by atoms with van der Waals surface area (Å²) >= 11 is 1.62. The van der Waals surface area contributed by atoms with Crippen LogP contribution in [0.1, 0.15) is 85.8 Å². The summed E-state index contributed by atoms with van der Waals surface area (Å²) in [5.41, 5.74) is 3.20. The zero-order chi connectivity index (χ0) is 23.9. The second-order valence-corrected chi connectivity index (χ2v) is 12.3. The fraction of sp³-hybridized carbons (Fsp3) is 0.419. The van der Waals surface area contributed by atoms with Crippen LogP contribution in [-0.2, 0) is 35.1 Å². The predicted octanol–water partition coefficient (Wildman–Crippen LogP) is 3.15. The van der Waals surface area contributed by atoms with Crippen LogP contribution in [0.5, 0.6) is 0 Å². The second-order valence-electron chi connectivity index (χ2n) is 10.6. The number of hydrogen-bond acceptors (Lipinski definition) is 0. The van der Waals surface area contributed by atoms with Crippen LogP contribution in [0.2, 0.25) is 0 Å². The van der Waals surface area contributed by atoms with Crippen molar-refractivity contribution in [3.8, 4) is 0 Å². The molecule has 0 saturated heterocycles. The molecule has 3 aromatic carbocycles. The Morgan fingerprint density at radius 1 is 0.824 bits per heavy atom. The fourth-order valence-electron chi connectivity index (χ4n) is 3.52. The average molecular weight is 575 g/mol. The summed E-state index contributed by atoms with van der Waals surface area (Å²) < 4.78 is 1.68. The Bertz CT molecular complexity index is 1020. The first kappa shape index (κ1) is 33.1. The monoisotopic (exact) mass is 572 g/mol. The fourth-order valence-corrected chi connectivity index (χ4v) is 3.52. The van der Waals surface area contributed by atoms with Crippen molar-refractivity contribution in [1.29, 1.82) is 0 Å². The van der Waals surface area contributed by atoms with Crippen LogP contribution >= 0.6 is 0 Å². The van der Waals surface area contributed by atoms with Crippen LogP contribution in [0, 0.1) is 6.08 Å². The van der Waals surface area contributed by atoms with Crippen LogP contribution in [0.3, 0.4) is 0 Å². The number of allylic oxidation sites excluding steroid dienone is 4. The largest absolute Gasteiger partial charge is 1.00 e. The molecular formula is C31H40Cl2Zr-2. The molecule has 0 atom stereocenters. The van der Waals surface area contributed by atoms with Gasteiger partial charge in [-0.1, -0.05) is 76.9 Å². The summed E-state index contributed by atoms with van der Waals surface area (Å²) in [5.74, 6) is 0. The summed E-state index contributed by atoms with van der Waals surface area (Å²) in [5, 5.41) is 5.49. The van der Waals surface area contributed by atoms with Crippen molar-refractivity contribution >= 4 is 24.8 Å². The maximum atomic E-state index is 2.99. The molecule has 0 fully saturated rings. The minimum atomic E-state index is 0. The van der Waals surface area contributed by atoms with Gasteiger partial charge in [-0.15, -0.1) is 46.2 Å². The Morgan fingerprint density at radius 2 is 1.26 bits per heavy atom. The molecule has 0 aliphatic heterocycles. The van der Waals surface area contributed by atoms with Crippen molar-refractivity contribution in [2.45, 2.75) is 85.5 Å². The molecule has 0 aromatic heterocycles. The summed E-state index contributed by atoms with van der Waals surface area (Å²) in [6, 6.07) is 16.1. The number of rotatable bonds is 2. The summed E-state index contributed by atoms with van der Waals surface area (Å²) in [6.07, 6.45) is 12.6. The molecule has 0 unspecified atom stereocenters. The third kappa shape index (κ3) is 9.64. The van der Waals surface area contributed by atoms with Gasteiger partial charge in [-0.05, 0) is 10.8 Å². The first-order valence-electron chi connectivity index (χ1n) is 11.9. The van der Waals surface area contributed by atoms with E-state index in [1.165, 1.54) is 45.5 Å². The average Bonchev–Trinajstić information content (AvgIpc) is 3.43. The van der Waals surface area contributed by atoms with Gasteiger partial charge in [-0.2, -0.15) is 6.08 Å². The van der Waals surface area contributed by atoms with Crippen molar-refractivity contribution in [3.05, 3.63) is 77.9 Å². The van der Waals surface area contributed by atoms with Crippen LogP contribution in [0.4, 0.5) is 0 Å². The molecule has 0 bridgehead atoms. The minimum Gasteiger partial charge on any atom is -1.00 e. The van der Waals surface area contributed by atoms with E-state index < -0.39 is 0 Å². The Kier molecular flexibility index (Phi) is 14.2. The quantitative estimate of drug-likeness (QED) is 0.413. The molecule has 0 N–H and O–H groups in total. The molecule has 34 heavy (non-hydrogen) atoms. The Labute approximate surface area is 235 Å². The normalized spacial score (nSPS) is 12.3. The Balaban J connectivity index is 0.000000700. The van der Waals surface area contributed by atoms with Gasteiger partial charge in [-0.3, -0.25) is 6.08 Å². The molecule has 0 amide bonds. The second kappa shape index (κ2) is 14.6. The van der Waals surface area contributed by atoms with E-state index in [9.17, 15) is 0 Å². The van der Waals surface area contributed by atoms with E-state index in [2.05, 4.69) is 110 Å². The third-order valence-electron chi connectivity index (χ3n) is 5.88. The summed E-state index contributed by atoms with van der Waals surface area (Å²) in [4.78, 5) is 0. The standard InChI is InChI=1S/C21H25.C5H5.C5H10.2ClH.Zr/c1-20(2,3)16-9-7-14-11-15-8-10-17(21(4,5)6)13-19(15)18(14)12-16;1-2-4-5-3-1;1-3-5-4-2;;;/h7-13H,1-6H3;1-3H,4H2;3-4H2,1-2H3;2*1H;/q2*-1;;;;+2/p-2. The molecule has 4 rings (SSSR count). The van der Waals surface area contributed by atoms with Crippen molar-refractivity contribution in [1.82, 2.24) is 0 Å². The Hall–Kier alpha value is -0.877. The van der Waals surface area contributed by atoms with Gasteiger partial charge in [0.25, 0.3) is 0 Å². The maximum Gasteiger partial charge on any atom is -0.109 e. The van der Waals surface area contributed by atoms with E-state index in [1.807, 2.05) is 12.2 Å². The predicted molar refractivity (Wildman–Crippen MR) is 142 cm³/mol. The first-order chi connectivity index (χ1) is 15.0. The number of fused-ring (bicyclic) bond motifs is 3. The van der Waals surface area contributed by atoms with E-state index in [4.69, 9.17) is 0 Å². The minimum absolute atomic E-state index is 0. The van der Waals surface area contributed by atoms with Crippen molar-refractivity contribution in [2.75, 3.05) is 0 Å². The molecule has 184 valence electrons. The van der Waals surface area contributed by atoms with Crippen LogP contribution in [-0.4, -0.2) is 3.21 Å². The molecule has 3 heteroatoms. The van der Waals surface area contributed by atoms with Gasteiger partial charge in [0.1, 0.15) is 0 Å². The number of halogens is 2. The van der Waals surface area contributed by atoms with Crippen molar-refractivity contribution < 1.29 is 49.0 Å². The molecule has 0 nitrogen and oxygen atoms in total. The third-order valence-corrected chi connectivity index (χ3v) is 7.62. The van der Waals surface area contributed by atoms with Gasteiger partial charge in [0.2, 0.25) is 0 Å². The maximum absolute atomic E-state index is 2.99. The zero-order valence-electron chi connectivity index (χ0n) is 22.2. The number of benzene rings is 2.